The quantitative estimate of drug-likeness (QED) is 0.688. The first-order valence-corrected chi connectivity index (χ1v) is 7.22. The molecule has 106 valence electrons. The lowest BCUT2D eigenvalue weighted by atomic mass is 10.1. The number of nitrogens with zero attached hydrogens (tertiary/aromatic N) is 2. The molecule has 2 rings (SSSR count). The van der Waals surface area contributed by atoms with E-state index in [9.17, 15) is 0 Å². The van der Waals surface area contributed by atoms with Gasteiger partial charge in [0, 0.05) is 20.0 Å². The second kappa shape index (κ2) is 6.28. The molecule has 0 saturated heterocycles. The van der Waals surface area contributed by atoms with Gasteiger partial charge >= 0.3 is 0 Å². The number of benzene rings is 1. The second-order valence-corrected chi connectivity index (χ2v) is 5.84. The molecule has 1 aromatic carbocycles. The third kappa shape index (κ3) is 3.42. The Morgan fingerprint density at radius 2 is 1.90 bits per heavy atom. The Bertz CT molecular complexity index is 793. The minimum Gasteiger partial charge on any atom is -0.435 e. The normalized spacial score (nSPS) is 16.6. The number of hydrogen-bond acceptors (Lipinski definition) is 4. The molecule has 0 fully saturated rings. The molecule has 0 bridgehead atoms. The van der Waals surface area contributed by atoms with Gasteiger partial charge in [0.15, 0.2) is 10.9 Å². The molecule has 0 unspecified atom stereocenters. The van der Waals surface area contributed by atoms with Crippen LogP contribution in [0.5, 0.6) is 11.6 Å². The van der Waals surface area contributed by atoms with E-state index in [2.05, 4.69) is 42.1 Å². The monoisotopic (exact) mass is 425 g/mol. The molecule has 0 saturated carbocycles. The SMILES string of the molecule is [2H]C([2H])([2H])C(c1cc(Oc2c(Br)cc(N)cc2Br)nnc1Cl)C([2H])([2H])[2H]. The number of rotatable bonds is 3. The third-order valence-electron chi connectivity index (χ3n) is 2.29. The van der Waals surface area contributed by atoms with Gasteiger partial charge in [-0.3, -0.25) is 0 Å². The molecular formula is C13H12Br2ClN3O. The van der Waals surface area contributed by atoms with Crippen molar-refractivity contribution in [1.29, 1.82) is 0 Å². The largest absolute Gasteiger partial charge is 0.435 e. The molecule has 1 heterocycles. The molecule has 4 nitrogen and oxygen atoms in total. The standard InChI is InChI=1S/C13H12Br2ClN3O/c1-6(2)8-5-11(18-19-13(8)16)20-12-9(14)3-7(17)4-10(12)15/h3-6H,17H2,1-2H3/i1D3,2D3. The van der Waals surface area contributed by atoms with Crippen LogP contribution in [0, 0.1) is 0 Å². The van der Waals surface area contributed by atoms with Crippen LogP contribution in [0.25, 0.3) is 0 Å². The molecule has 7 heteroatoms. The number of aromatic nitrogens is 2. The summed E-state index contributed by atoms with van der Waals surface area (Å²) in [5.74, 6) is -1.64. The van der Waals surface area contributed by atoms with E-state index >= 15 is 0 Å². The molecule has 2 N–H and O–H groups in total. The Kier molecular flexibility index (Phi) is 2.90. The highest BCUT2D eigenvalue weighted by Crippen LogP contribution is 2.38. The Labute approximate surface area is 147 Å². The van der Waals surface area contributed by atoms with Crippen LogP contribution in [0.3, 0.4) is 0 Å². The number of ether oxygens (including phenoxy) is 1. The molecule has 0 radical (unpaired) electrons. The Morgan fingerprint density at radius 3 is 2.50 bits per heavy atom. The number of hydrogen-bond donors (Lipinski definition) is 1. The zero-order chi connectivity index (χ0) is 19.9. The number of nitrogen functional groups attached to an aromatic ring is 1. The maximum atomic E-state index is 7.56. The number of anilines is 1. The molecule has 1 aromatic heterocycles. The van der Waals surface area contributed by atoms with Crippen LogP contribution in [0.2, 0.25) is 5.15 Å². The molecule has 0 aliphatic heterocycles. The van der Waals surface area contributed by atoms with E-state index in [4.69, 9.17) is 30.3 Å². The van der Waals surface area contributed by atoms with Crippen LogP contribution in [0.1, 0.15) is 33.4 Å². The molecule has 0 aliphatic carbocycles. The van der Waals surface area contributed by atoms with E-state index in [0.29, 0.717) is 20.4 Å². The van der Waals surface area contributed by atoms with E-state index in [-0.39, 0.29) is 16.6 Å². The van der Waals surface area contributed by atoms with Crippen molar-refractivity contribution in [2.24, 2.45) is 0 Å². The van der Waals surface area contributed by atoms with Gasteiger partial charge in [0.1, 0.15) is 0 Å². The summed E-state index contributed by atoms with van der Waals surface area (Å²) in [7, 11) is 0. The lowest BCUT2D eigenvalue weighted by molar-refractivity contribution is 0.448. The smallest absolute Gasteiger partial charge is 0.239 e. The molecule has 2 aromatic rings. The zero-order valence-electron chi connectivity index (χ0n) is 15.8. The summed E-state index contributed by atoms with van der Waals surface area (Å²) >= 11 is 12.5. The highest BCUT2D eigenvalue weighted by molar-refractivity contribution is 9.11. The lowest BCUT2D eigenvalue weighted by Gasteiger charge is -2.12. The van der Waals surface area contributed by atoms with Crippen LogP contribution in [0.4, 0.5) is 5.69 Å². The first kappa shape index (κ1) is 9.23. The predicted octanol–water partition coefficient (Wildman–Crippen LogP) is 5.15. The van der Waals surface area contributed by atoms with Gasteiger partial charge in [-0.25, -0.2) is 0 Å². The number of halogens is 3. The topological polar surface area (TPSA) is 61.0 Å². The summed E-state index contributed by atoms with van der Waals surface area (Å²) in [5.41, 5.74) is 6.00. The maximum absolute atomic E-state index is 7.56. The Morgan fingerprint density at radius 1 is 1.25 bits per heavy atom. The van der Waals surface area contributed by atoms with Crippen molar-refractivity contribution in [3.05, 3.63) is 37.9 Å². The van der Waals surface area contributed by atoms with E-state index in [0.717, 1.165) is 6.07 Å². The first-order valence-electron chi connectivity index (χ1n) is 8.26. The summed E-state index contributed by atoms with van der Waals surface area (Å²) < 4.78 is 52.0. The van der Waals surface area contributed by atoms with Crippen molar-refractivity contribution < 1.29 is 13.0 Å². The summed E-state index contributed by atoms with van der Waals surface area (Å²) in [6, 6.07) is 4.35. The van der Waals surface area contributed by atoms with Gasteiger partial charge in [-0.05, 0) is 55.5 Å². The molecule has 20 heavy (non-hydrogen) atoms. The minimum atomic E-state index is -2.82. The van der Waals surface area contributed by atoms with Crippen LogP contribution in [-0.2, 0) is 0 Å². The fourth-order valence-electron chi connectivity index (χ4n) is 1.41. The van der Waals surface area contributed by atoms with Gasteiger partial charge < -0.3 is 10.5 Å². The average Bonchev–Trinajstić information content (AvgIpc) is 2.43. The molecular weight excluding hydrogens is 409 g/mol. The fraction of sp³-hybridized carbons (Fsp3) is 0.231. The van der Waals surface area contributed by atoms with E-state index in [1.54, 1.807) is 12.1 Å². The molecule has 0 aliphatic rings. The lowest BCUT2D eigenvalue weighted by Crippen LogP contribution is -1.98. The highest BCUT2D eigenvalue weighted by atomic mass is 79.9. The van der Waals surface area contributed by atoms with Crippen LogP contribution >= 0.6 is 43.5 Å². The number of nitrogens with two attached hydrogens (primary N) is 1. The second-order valence-electron chi connectivity index (χ2n) is 3.78. The average molecular weight is 428 g/mol. The van der Waals surface area contributed by atoms with Crippen LogP contribution in [0.15, 0.2) is 27.1 Å². The van der Waals surface area contributed by atoms with E-state index < -0.39 is 19.6 Å². The highest BCUT2D eigenvalue weighted by Gasteiger charge is 2.13. The van der Waals surface area contributed by atoms with Gasteiger partial charge in [0.25, 0.3) is 0 Å². The first-order chi connectivity index (χ1) is 11.8. The minimum absolute atomic E-state index is 0.117. The van der Waals surface area contributed by atoms with Crippen molar-refractivity contribution in [2.45, 2.75) is 19.6 Å². The van der Waals surface area contributed by atoms with Gasteiger partial charge in [-0.2, -0.15) is 0 Å². The summed E-state index contributed by atoms with van der Waals surface area (Å²) in [6.45, 7) is -5.64. The van der Waals surface area contributed by atoms with Gasteiger partial charge in [-0.15, -0.1) is 10.2 Å². The van der Waals surface area contributed by atoms with Crippen molar-refractivity contribution >= 4 is 49.1 Å². The zero-order valence-corrected chi connectivity index (χ0v) is 13.8. The maximum Gasteiger partial charge on any atom is 0.239 e. The Hall–Kier alpha value is -0.850. The van der Waals surface area contributed by atoms with Crippen molar-refractivity contribution in [2.75, 3.05) is 5.73 Å². The van der Waals surface area contributed by atoms with Gasteiger partial charge in [-0.1, -0.05) is 25.3 Å². The predicted molar refractivity (Wildman–Crippen MR) is 87.5 cm³/mol. The van der Waals surface area contributed by atoms with Gasteiger partial charge in [0.05, 0.1) is 8.95 Å². The molecule has 0 amide bonds. The summed E-state index contributed by atoms with van der Waals surface area (Å²) in [6.07, 6.45) is 0. The Balaban J connectivity index is 2.51. The van der Waals surface area contributed by atoms with Crippen LogP contribution in [-0.4, -0.2) is 10.2 Å². The van der Waals surface area contributed by atoms with E-state index in [1.165, 1.54) is 0 Å². The molecule has 0 spiro atoms. The van der Waals surface area contributed by atoms with Crippen molar-refractivity contribution in [3.63, 3.8) is 0 Å². The summed E-state index contributed by atoms with van der Waals surface area (Å²) in [4.78, 5) is 0. The third-order valence-corrected chi connectivity index (χ3v) is 3.76. The van der Waals surface area contributed by atoms with Gasteiger partial charge in [0.2, 0.25) is 5.88 Å². The van der Waals surface area contributed by atoms with E-state index in [1.807, 2.05) is 0 Å². The van der Waals surface area contributed by atoms with Crippen molar-refractivity contribution in [3.8, 4) is 11.6 Å². The fourth-order valence-corrected chi connectivity index (χ4v) is 2.99. The van der Waals surface area contributed by atoms with Crippen LogP contribution < -0.4 is 10.5 Å². The summed E-state index contributed by atoms with van der Waals surface area (Å²) in [5, 5.41) is 7.06. The molecule has 0 atom stereocenters. The van der Waals surface area contributed by atoms with Crippen molar-refractivity contribution in [1.82, 2.24) is 10.2 Å².